The lowest BCUT2D eigenvalue weighted by molar-refractivity contribution is -0.136. The zero-order chi connectivity index (χ0) is 18.2. The molecule has 2 saturated heterocycles. The average Bonchev–Trinajstić information content (AvgIpc) is 3.30. The topological polar surface area (TPSA) is 61.8 Å². The van der Waals surface area contributed by atoms with Crippen LogP contribution in [0.3, 0.4) is 0 Å². The van der Waals surface area contributed by atoms with Crippen LogP contribution >= 0.6 is 11.3 Å². The summed E-state index contributed by atoms with van der Waals surface area (Å²) in [4.78, 5) is 30.9. The summed E-state index contributed by atoms with van der Waals surface area (Å²) in [7, 11) is 0. The van der Waals surface area contributed by atoms with Gasteiger partial charge >= 0.3 is 0 Å². The van der Waals surface area contributed by atoms with Gasteiger partial charge in [0, 0.05) is 44.1 Å². The van der Waals surface area contributed by atoms with Crippen molar-refractivity contribution >= 4 is 33.3 Å². The quantitative estimate of drug-likeness (QED) is 0.788. The number of anilines is 1. The van der Waals surface area contributed by atoms with Gasteiger partial charge < -0.3 is 14.5 Å². The molecule has 0 spiro atoms. The summed E-state index contributed by atoms with van der Waals surface area (Å²) < 4.78 is 5.34. The number of carbonyl (C=O) groups is 1. The molecule has 2 fully saturated rings. The normalized spacial score (nSPS) is 21.0. The smallest absolute Gasteiger partial charge is 0.236 e. The van der Waals surface area contributed by atoms with Gasteiger partial charge in [-0.2, -0.15) is 0 Å². The van der Waals surface area contributed by atoms with Crippen molar-refractivity contribution in [2.45, 2.75) is 19.3 Å². The molecule has 5 rings (SSSR count). The largest absolute Gasteiger partial charge is 0.378 e. The second-order valence-electron chi connectivity index (χ2n) is 7.49. The van der Waals surface area contributed by atoms with E-state index in [1.165, 1.54) is 28.7 Å². The molecular formula is C19H25N5O2S. The van der Waals surface area contributed by atoms with E-state index in [1.54, 1.807) is 6.33 Å². The van der Waals surface area contributed by atoms with Gasteiger partial charge in [-0.1, -0.05) is 0 Å². The van der Waals surface area contributed by atoms with Gasteiger partial charge in [-0.3, -0.25) is 9.69 Å². The molecule has 0 saturated carbocycles. The van der Waals surface area contributed by atoms with Gasteiger partial charge in [-0.05, 0) is 24.8 Å². The van der Waals surface area contributed by atoms with Crippen molar-refractivity contribution in [3.05, 3.63) is 16.8 Å². The summed E-state index contributed by atoms with van der Waals surface area (Å²) >= 11 is 1.84. The number of thiophene rings is 1. The summed E-state index contributed by atoms with van der Waals surface area (Å²) in [5.74, 6) is 1.32. The third kappa shape index (κ3) is 3.30. The van der Waals surface area contributed by atoms with E-state index in [0.29, 0.717) is 19.8 Å². The molecule has 0 atom stereocenters. The Bertz CT molecular complexity index is 840. The number of nitrogens with zero attached hydrogens (tertiary/aromatic N) is 5. The minimum atomic E-state index is 0.229. The van der Waals surface area contributed by atoms with Crippen LogP contribution in [-0.4, -0.2) is 84.7 Å². The van der Waals surface area contributed by atoms with E-state index in [2.05, 4.69) is 19.8 Å². The highest BCUT2D eigenvalue weighted by Gasteiger charge is 2.27. The van der Waals surface area contributed by atoms with Gasteiger partial charge in [0.25, 0.3) is 0 Å². The van der Waals surface area contributed by atoms with E-state index < -0.39 is 0 Å². The molecule has 2 aromatic heterocycles. The Kier molecular flexibility index (Phi) is 4.71. The molecule has 2 aliphatic heterocycles. The molecule has 27 heavy (non-hydrogen) atoms. The number of piperazine rings is 1. The molecule has 1 amide bonds. The second kappa shape index (κ2) is 7.33. The van der Waals surface area contributed by atoms with Crippen LogP contribution in [0, 0.1) is 0 Å². The van der Waals surface area contributed by atoms with Crippen LogP contribution in [0.15, 0.2) is 6.33 Å². The minimum absolute atomic E-state index is 0.229. The Labute approximate surface area is 162 Å². The van der Waals surface area contributed by atoms with E-state index in [0.717, 1.165) is 56.3 Å². The molecule has 1 aliphatic carbocycles. The number of hydrogen-bond acceptors (Lipinski definition) is 7. The predicted octanol–water partition coefficient (Wildman–Crippen LogP) is 1.16. The first kappa shape index (κ1) is 17.3. The predicted molar refractivity (Wildman–Crippen MR) is 105 cm³/mol. The Balaban J connectivity index is 1.26. The van der Waals surface area contributed by atoms with Crippen LogP contribution in [0.1, 0.15) is 16.9 Å². The summed E-state index contributed by atoms with van der Waals surface area (Å²) in [6, 6.07) is 0. The van der Waals surface area contributed by atoms with Crippen LogP contribution in [0.25, 0.3) is 10.2 Å². The fourth-order valence-corrected chi connectivity index (χ4v) is 5.60. The highest BCUT2D eigenvalue weighted by atomic mass is 32.1. The molecule has 0 unspecified atom stereocenters. The molecule has 0 radical (unpaired) electrons. The summed E-state index contributed by atoms with van der Waals surface area (Å²) in [6.45, 7) is 6.90. The summed E-state index contributed by atoms with van der Waals surface area (Å²) in [5.41, 5.74) is 1.48. The molecule has 7 nitrogen and oxygen atoms in total. The third-order valence-corrected chi connectivity index (χ3v) is 7.08. The van der Waals surface area contributed by atoms with Crippen molar-refractivity contribution in [3.63, 3.8) is 0 Å². The first-order valence-corrected chi connectivity index (χ1v) is 10.7. The molecule has 4 heterocycles. The zero-order valence-electron chi connectivity index (χ0n) is 15.5. The fourth-order valence-electron chi connectivity index (χ4n) is 4.37. The second-order valence-corrected chi connectivity index (χ2v) is 8.57. The lowest BCUT2D eigenvalue weighted by Crippen LogP contribution is -2.51. The maximum Gasteiger partial charge on any atom is 0.236 e. The number of amides is 1. The van der Waals surface area contributed by atoms with Gasteiger partial charge in [-0.25, -0.2) is 9.97 Å². The molecule has 0 bridgehead atoms. The molecular weight excluding hydrogens is 362 g/mol. The van der Waals surface area contributed by atoms with Gasteiger partial charge in [0.2, 0.25) is 5.91 Å². The summed E-state index contributed by atoms with van der Waals surface area (Å²) in [6.07, 6.45) is 5.30. The van der Waals surface area contributed by atoms with Gasteiger partial charge in [0.05, 0.1) is 25.1 Å². The van der Waals surface area contributed by atoms with E-state index in [4.69, 9.17) is 4.74 Å². The number of carbonyl (C=O) groups excluding carboxylic acids is 1. The van der Waals surface area contributed by atoms with Crippen LogP contribution in [0.2, 0.25) is 0 Å². The Morgan fingerprint density at radius 1 is 1.07 bits per heavy atom. The highest BCUT2D eigenvalue weighted by Crippen LogP contribution is 2.40. The minimum Gasteiger partial charge on any atom is -0.378 e. The first-order chi connectivity index (χ1) is 13.3. The van der Waals surface area contributed by atoms with Crippen LogP contribution in [-0.2, 0) is 22.4 Å². The van der Waals surface area contributed by atoms with E-state index in [9.17, 15) is 4.79 Å². The van der Waals surface area contributed by atoms with Crippen LogP contribution < -0.4 is 4.90 Å². The molecule has 8 heteroatoms. The first-order valence-electron chi connectivity index (χ1n) is 9.87. The van der Waals surface area contributed by atoms with Crippen LogP contribution in [0.4, 0.5) is 5.82 Å². The third-order valence-electron chi connectivity index (χ3n) is 5.88. The Morgan fingerprint density at radius 3 is 2.70 bits per heavy atom. The van der Waals surface area contributed by atoms with E-state index >= 15 is 0 Å². The van der Waals surface area contributed by atoms with Crippen molar-refractivity contribution in [3.8, 4) is 0 Å². The zero-order valence-corrected chi connectivity index (χ0v) is 16.3. The SMILES string of the molecule is O=C(CN1CCN(c2ncnc3sc4c(c23)CCC4)CC1)N1CCOCC1. The molecule has 2 aromatic rings. The lowest BCUT2D eigenvalue weighted by atomic mass is 10.1. The maximum atomic E-state index is 12.5. The molecule has 0 aromatic carbocycles. The number of ether oxygens (including phenoxy) is 1. The monoisotopic (exact) mass is 387 g/mol. The fraction of sp³-hybridized carbons (Fsp3) is 0.632. The van der Waals surface area contributed by atoms with Crippen molar-refractivity contribution in [2.75, 3.05) is 63.9 Å². The van der Waals surface area contributed by atoms with Gasteiger partial charge in [-0.15, -0.1) is 11.3 Å². The molecule has 3 aliphatic rings. The van der Waals surface area contributed by atoms with Gasteiger partial charge in [0.15, 0.2) is 0 Å². The number of morpholine rings is 1. The number of rotatable bonds is 3. The summed E-state index contributed by atoms with van der Waals surface area (Å²) in [5, 5.41) is 1.29. The Morgan fingerprint density at radius 2 is 1.89 bits per heavy atom. The number of aryl methyl sites for hydroxylation is 2. The number of aromatic nitrogens is 2. The average molecular weight is 388 g/mol. The van der Waals surface area contributed by atoms with Crippen molar-refractivity contribution in [1.29, 1.82) is 0 Å². The Hall–Kier alpha value is -1.77. The maximum absolute atomic E-state index is 12.5. The lowest BCUT2D eigenvalue weighted by Gasteiger charge is -2.36. The number of hydrogen-bond donors (Lipinski definition) is 0. The van der Waals surface area contributed by atoms with Crippen molar-refractivity contribution in [1.82, 2.24) is 19.8 Å². The number of fused-ring (bicyclic) bond motifs is 3. The van der Waals surface area contributed by atoms with Crippen molar-refractivity contribution < 1.29 is 9.53 Å². The van der Waals surface area contributed by atoms with E-state index in [1.807, 2.05) is 16.2 Å². The highest BCUT2D eigenvalue weighted by molar-refractivity contribution is 7.19. The standard InChI is InChI=1S/C19H25N5O2S/c25-16(23-8-10-26-11-9-23)12-22-4-6-24(7-5-22)18-17-14-2-1-3-15(14)27-19(17)21-13-20-18/h13H,1-12H2. The van der Waals surface area contributed by atoms with Crippen LogP contribution in [0.5, 0.6) is 0 Å². The molecule has 144 valence electrons. The van der Waals surface area contributed by atoms with Crippen molar-refractivity contribution in [2.24, 2.45) is 0 Å². The van der Waals surface area contributed by atoms with Gasteiger partial charge in [0.1, 0.15) is 17.0 Å². The molecule has 0 N–H and O–H groups in total. The van der Waals surface area contributed by atoms with E-state index in [-0.39, 0.29) is 5.91 Å².